The molecule has 3 unspecified atom stereocenters. The number of carbonyl (C=O) groups is 3. The van der Waals surface area contributed by atoms with Crippen LogP contribution >= 0.6 is 23.4 Å². The smallest absolute Gasteiger partial charge is 0.410 e. The molecule has 3 aliphatic heterocycles. The summed E-state index contributed by atoms with van der Waals surface area (Å²) >= 11 is 7.98. The van der Waals surface area contributed by atoms with Gasteiger partial charge in [0, 0.05) is 30.2 Å². The molecule has 37 heavy (non-hydrogen) atoms. The van der Waals surface area contributed by atoms with E-state index < -0.39 is 40.1 Å². The minimum Gasteiger partial charge on any atom is -0.496 e. The first-order valence-electron chi connectivity index (χ1n) is 11.8. The fourth-order valence-electron chi connectivity index (χ4n) is 4.69. The number of likely N-dealkylation sites (tertiary alicyclic amines) is 1. The SMILES string of the molecule is COc1cc(F)ccc1C1C(C(=O)NC2CN(C(=O)OC(C)(C)C)CCC2=O)=NC(Cl)=C2C=CSC21C. The summed E-state index contributed by atoms with van der Waals surface area (Å²) in [7, 11) is 1.43. The molecule has 3 atom stereocenters. The van der Waals surface area contributed by atoms with Crippen molar-refractivity contribution in [1.82, 2.24) is 10.2 Å². The number of hydrogen-bond acceptors (Lipinski definition) is 7. The molecule has 0 saturated carbocycles. The van der Waals surface area contributed by atoms with Gasteiger partial charge in [0.1, 0.15) is 34.1 Å². The van der Waals surface area contributed by atoms with Crippen LogP contribution in [0, 0.1) is 5.82 Å². The number of nitrogens with one attached hydrogen (secondary N) is 1. The number of benzene rings is 1. The zero-order valence-corrected chi connectivity index (χ0v) is 22.8. The van der Waals surface area contributed by atoms with E-state index in [1.54, 1.807) is 26.8 Å². The van der Waals surface area contributed by atoms with Crippen LogP contribution in [0.15, 0.2) is 45.4 Å². The van der Waals surface area contributed by atoms with E-state index in [4.69, 9.17) is 21.1 Å². The summed E-state index contributed by atoms with van der Waals surface area (Å²) in [6, 6.07) is 3.17. The number of ether oxygens (including phenoxy) is 2. The third-order valence-corrected chi connectivity index (χ3v) is 7.97. The van der Waals surface area contributed by atoms with Crippen molar-refractivity contribution >= 4 is 46.9 Å². The van der Waals surface area contributed by atoms with Gasteiger partial charge in [-0.1, -0.05) is 17.7 Å². The lowest BCUT2D eigenvalue weighted by Gasteiger charge is -2.39. The van der Waals surface area contributed by atoms with Crippen LogP contribution in [0.2, 0.25) is 0 Å². The molecule has 0 spiro atoms. The normalized spacial score (nSPS) is 25.5. The van der Waals surface area contributed by atoms with Crippen molar-refractivity contribution in [3.05, 3.63) is 51.8 Å². The highest BCUT2D eigenvalue weighted by molar-refractivity contribution is 8.04. The molecule has 0 radical (unpaired) electrons. The Bertz CT molecular complexity index is 1240. The lowest BCUT2D eigenvalue weighted by atomic mass is 9.76. The number of rotatable bonds is 4. The number of aliphatic imine (C=N–C) groups is 1. The average molecular weight is 550 g/mol. The van der Waals surface area contributed by atoms with E-state index in [1.165, 1.54) is 35.9 Å². The Kier molecular flexibility index (Phi) is 7.45. The monoisotopic (exact) mass is 549 g/mol. The highest BCUT2D eigenvalue weighted by Crippen LogP contribution is 2.55. The number of hydrogen-bond donors (Lipinski definition) is 1. The van der Waals surface area contributed by atoms with Crippen LogP contribution in [0.25, 0.3) is 0 Å². The molecule has 1 aromatic rings. The number of halogens is 2. The molecule has 4 rings (SSSR count). The van der Waals surface area contributed by atoms with E-state index in [0.29, 0.717) is 5.56 Å². The molecule has 1 aromatic carbocycles. The number of allylic oxidation sites excluding steroid dienone is 1. The van der Waals surface area contributed by atoms with Crippen LogP contribution in [-0.4, -0.2) is 65.0 Å². The molecule has 0 bridgehead atoms. The Labute approximate surface area is 224 Å². The van der Waals surface area contributed by atoms with Gasteiger partial charge in [-0.25, -0.2) is 14.2 Å². The molecule has 198 valence electrons. The molecule has 8 nitrogen and oxygen atoms in total. The fraction of sp³-hybridized carbons (Fsp3) is 0.462. The van der Waals surface area contributed by atoms with Crippen LogP contribution < -0.4 is 10.1 Å². The standard InChI is InChI=1S/C26H29ClFN3O5S/c1-25(2,3)36-24(34)31-10-8-18(32)17(13-31)29-23(33)21-20(15-7-6-14(28)12-19(15)35-5)26(4)16(9-11-37-26)22(27)30-21/h6-7,9,11-12,17,20H,8,10,13H2,1-5H3,(H,29,33). The van der Waals surface area contributed by atoms with Crippen LogP contribution in [-0.2, 0) is 14.3 Å². The molecule has 11 heteroatoms. The Hall–Kier alpha value is -2.85. The van der Waals surface area contributed by atoms with E-state index >= 15 is 0 Å². The molecule has 1 fully saturated rings. The van der Waals surface area contributed by atoms with E-state index in [-0.39, 0.29) is 41.9 Å². The van der Waals surface area contributed by atoms with Crippen molar-refractivity contribution in [2.75, 3.05) is 20.2 Å². The zero-order chi connectivity index (χ0) is 27.1. The second-order valence-electron chi connectivity index (χ2n) is 10.2. The first kappa shape index (κ1) is 27.2. The van der Waals surface area contributed by atoms with Gasteiger partial charge < -0.3 is 19.7 Å². The topological polar surface area (TPSA) is 97.3 Å². The maximum Gasteiger partial charge on any atom is 0.410 e. The van der Waals surface area contributed by atoms with Crippen molar-refractivity contribution < 1.29 is 28.2 Å². The average Bonchev–Trinajstić information content (AvgIpc) is 3.22. The van der Waals surface area contributed by atoms with Gasteiger partial charge in [-0.2, -0.15) is 0 Å². The second kappa shape index (κ2) is 10.1. The lowest BCUT2D eigenvalue weighted by molar-refractivity contribution is -0.127. The zero-order valence-electron chi connectivity index (χ0n) is 21.3. The molecule has 3 heterocycles. The summed E-state index contributed by atoms with van der Waals surface area (Å²) in [6.45, 7) is 7.38. The summed E-state index contributed by atoms with van der Waals surface area (Å²) in [5, 5.41) is 4.80. The number of ketones is 1. The van der Waals surface area contributed by atoms with Gasteiger partial charge in [-0.15, -0.1) is 11.8 Å². The van der Waals surface area contributed by atoms with Gasteiger partial charge in [0.25, 0.3) is 5.91 Å². The minimum absolute atomic E-state index is 0.0281. The van der Waals surface area contributed by atoms with E-state index in [9.17, 15) is 18.8 Å². The molecular formula is C26H29ClFN3O5S. The number of methoxy groups -OCH3 is 1. The van der Waals surface area contributed by atoms with E-state index in [1.807, 2.05) is 18.4 Å². The van der Waals surface area contributed by atoms with Gasteiger partial charge in [0.2, 0.25) is 0 Å². The maximum absolute atomic E-state index is 14.0. The Morgan fingerprint density at radius 1 is 1.32 bits per heavy atom. The quantitative estimate of drug-likeness (QED) is 0.554. The summed E-state index contributed by atoms with van der Waals surface area (Å²) in [4.78, 5) is 44.8. The lowest BCUT2D eigenvalue weighted by Crippen LogP contribution is -2.57. The molecule has 0 aliphatic carbocycles. The third-order valence-electron chi connectivity index (χ3n) is 6.46. The first-order valence-corrected chi connectivity index (χ1v) is 13.1. The minimum atomic E-state index is -0.946. The predicted molar refractivity (Wildman–Crippen MR) is 141 cm³/mol. The first-order chi connectivity index (χ1) is 17.3. The third kappa shape index (κ3) is 5.40. The largest absolute Gasteiger partial charge is 0.496 e. The summed E-state index contributed by atoms with van der Waals surface area (Å²) in [5.41, 5.74) is 0.665. The van der Waals surface area contributed by atoms with Crippen LogP contribution in [0.5, 0.6) is 5.75 Å². The van der Waals surface area contributed by atoms with Crippen molar-refractivity contribution in [3.8, 4) is 5.75 Å². The van der Waals surface area contributed by atoms with E-state index in [0.717, 1.165) is 5.57 Å². The number of Topliss-reactive ketones (excluding diaryl/α,β-unsaturated/α-hetero) is 1. The van der Waals surface area contributed by atoms with Crippen LogP contribution in [0.4, 0.5) is 9.18 Å². The van der Waals surface area contributed by atoms with Gasteiger partial charge in [-0.3, -0.25) is 9.59 Å². The number of thioether (sulfide) groups is 1. The number of fused-ring (bicyclic) bond motifs is 1. The Balaban J connectivity index is 1.66. The summed E-state index contributed by atoms with van der Waals surface area (Å²) in [6.07, 6.45) is 1.37. The molecule has 1 N–H and O–H groups in total. The molecule has 1 saturated heterocycles. The number of piperidine rings is 1. The maximum atomic E-state index is 14.0. The number of amides is 2. The fourth-order valence-corrected chi connectivity index (χ4v) is 6.25. The highest BCUT2D eigenvalue weighted by Gasteiger charge is 2.50. The number of carbonyl (C=O) groups excluding carboxylic acids is 3. The second-order valence-corrected chi connectivity index (χ2v) is 11.9. The Morgan fingerprint density at radius 2 is 2.05 bits per heavy atom. The molecule has 3 aliphatic rings. The molecule has 2 amide bonds. The van der Waals surface area contributed by atoms with Crippen molar-refractivity contribution in [2.45, 2.75) is 56.4 Å². The van der Waals surface area contributed by atoms with E-state index in [2.05, 4.69) is 10.3 Å². The Morgan fingerprint density at radius 3 is 2.73 bits per heavy atom. The van der Waals surface area contributed by atoms with Crippen molar-refractivity contribution in [2.24, 2.45) is 4.99 Å². The van der Waals surface area contributed by atoms with Crippen LogP contribution in [0.1, 0.15) is 45.6 Å². The predicted octanol–water partition coefficient (Wildman–Crippen LogP) is 4.54. The highest BCUT2D eigenvalue weighted by atomic mass is 35.5. The van der Waals surface area contributed by atoms with Crippen molar-refractivity contribution in [1.29, 1.82) is 0 Å². The summed E-state index contributed by atoms with van der Waals surface area (Å²) in [5.74, 6) is -1.69. The van der Waals surface area contributed by atoms with Crippen molar-refractivity contribution in [3.63, 3.8) is 0 Å². The van der Waals surface area contributed by atoms with Crippen LogP contribution in [0.3, 0.4) is 0 Å². The van der Waals surface area contributed by atoms with Gasteiger partial charge in [-0.05, 0) is 45.2 Å². The van der Waals surface area contributed by atoms with Gasteiger partial charge in [0.05, 0.1) is 24.3 Å². The summed E-state index contributed by atoms with van der Waals surface area (Å²) < 4.78 is 24.2. The van der Waals surface area contributed by atoms with Gasteiger partial charge >= 0.3 is 6.09 Å². The molecular weight excluding hydrogens is 521 g/mol. The number of nitrogens with zero attached hydrogens (tertiary/aromatic N) is 2. The molecule has 0 aromatic heterocycles. The van der Waals surface area contributed by atoms with Gasteiger partial charge in [0.15, 0.2) is 5.78 Å².